The Kier molecular flexibility index (Phi) is 6.79. The Morgan fingerprint density at radius 3 is 2.68 bits per heavy atom. The molecule has 5 rings (SSSR count). The lowest BCUT2D eigenvalue weighted by atomic mass is 10.0. The third kappa shape index (κ3) is 4.69. The van der Waals surface area contributed by atoms with Gasteiger partial charge in [-0.1, -0.05) is 12.1 Å². The minimum absolute atomic E-state index is 0.0623. The zero-order valence-corrected chi connectivity index (χ0v) is 20.4. The molecule has 4 aromatic rings. The van der Waals surface area contributed by atoms with Gasteiger partial charge in [0.25, 0.3) is 11.5 Å². The Morgan fingerprint density at radius 2 is 1.97 bits per heavy atom. The summed E-state index contributed by atoms with van der Waals surface area (Å²) in [6.45, 7) is 1.26. The van der Waals surface area contributed by atoms with Crippen LogP contribution >= 0.6 is 0 Å². The molecule has 1 aliphatic heterocycles. The van der Waals surface area contributed by atoms with Crippen LogP contribution in [0.5, 0.6) is 5.75 Å². The number of pyridine rings is 2. The number of amides is 1. The Morgan fingerprint density at radius 1 is 1.21 bits per heavy atom. The second-order valence-corrected chi connectivity index (χ2v) is 9.13. The van der Waals surface area contributed by atoms with Crippen molar-refractivity contribution in [1.29, 1.82) is 0 Å². The van der Waals surface area contributed by atoms with Gasteiger partial charge in [0.15, 0.2) is 18.1 Å². The fraction of sp³-hybridized carbons (Fsp3) is 0.308. The zero-order chi connectivity index (χ0) is 27.0. The summed E-state index contributed by atoms with van der Waals surface area (Å²) in [7, 11) is 0. The van der Waals surface area contributed by atoms with Gasteiger partial charge >= 0.3 is 0 Å². The summed E-state index contributed by atoms with van der Waals surface area (Å²) >= 11 is 0. The number of rotatable bonds is 6. The van der Waals surface area contributed by atoms with E-state index in [1.54, 1.807) is 36.0 Å². The number of anilines is 1. The summed E-state index contributed by atoms with van der Waals surface area (Å²) in [6.07, 6.45) is 1.04. The van der Waals surface area contributed by atoms with Crippen molar-refractivity contribution in [2.45, 2.75) is 38.8 Å². The Labute approximate surface area is 215 Å². The van der Waals surface area contributed by atoms with E-state index in [1.807, 2.05) is 0 Å². The first-order chi connectivity index (χ1) is 18.2. The van der Waals surface area contributed by atoms with Gasteiger partial charge in [-0.15, -0.1) is 0 Å². The number of aryl methyl sites for hydroxylation is 1. The summed E-state index contributed by atoms with van der Waals surface area (Å²) in [5, 5.41) is 16.4. The van der Waals surface area contributed by atoms with Gasteiger partial charge in [0.2, 0.25) is 0 Å². The molecule has 3 aromatic heterocycles. The van der Waals surface area contributed by atoms with E-state index < -0.39 is 47.5 Å². The lowest BCUT2D eigenvalue weighted by Crippen LogP contribution is -2.40. The molecule has 0 fully saturated rings. The summed E-state index contributed by atoms with van der Waals surface area (Å²) in [6, 6.07) is 5.75. The van der Waals surface area contributed by atoms with E-state index in [1.165, 1.54) is 18.3 Å². The molecule has 1 aliphatic rings. The second-order valence-electron chi connectivity index (χ2n) is 9.13. The average Bonchev–Trinajstić information content (AvgIpc) is 3.30. The fourth-order valence-corrected chi connectivity index (χ4v) is 4.60. The number of hydrogen-bond acceptors (Lipinski definition) is 6. The van der Waals surface area contributed by atoms with Gasteiger partial charge in [0.1, 0.15) is 22.7 Å². The van der Waals surface area contributed by atoms with Gasteiger partial charge in [0.05, 0.1) is 17.7 Å². The molecule has 0 aliphatic carbocycles. The van der Waals surface area contributed by atoms with Crippen molar-refractivity contribution in [2.75, 3.05) is 18.4 Å². The van der Waals surface area contributed by atoms with Crippen molar-refractivity contribution in [1.82, 2.24) is 24.4 Å². The van der Waals surface area contributed by atoms with Crippen LogP contribution in [0.2, 0.25) is 0 Å². The van der Waals surface area contributed by atoms with E-state index >= 15 is 0 Å². The van der Waals surface area contributed by atoms with Gasteiger partial charge < -0.3 is 24.9 Å². The topological polar surface area (TPSA) is 114 Å². The third-order valence-electron chi connectivity index (χ3n) is 6.64. The molecule has 1 aromatic carbocycles. The highest BCUT2D eigenvalue weighted by atomic mass is 19.2. The van der Waals surface area contributed by atoms with Gasteiger partial charge in [-0.3, -0.25) is 14.6 Å². The molecule has 0 spiro atoms. The van der Waals surface area contributed by atoms with Gasteiger partial charge in [0, 0.05) is 50.2 Å². The van der Waals surface area contributed by atoms with E-state index in [-0.39, 0.29) is 36.2 Å². The lowest BCUT2D eigenvalue weighted by molar-refractivity contribution is 0.0946. The van der Waals surface area contributed by atoms with Crippen molar-refractivity contribution < 1.29 is 23.1 Å². The summed E-state index contributed by atoms with van der Waals surface area (Å²) < 4.78 is 45.4. The normalized spacial score (nSPS) is 17.1. The highest BCUT2D eigenvalue weighted by Crippen LogP contribution is 2.34. The molecular weight excluding hydrogens is 501 g/mol. The van der Waals surface area contributed by atoms with E-state index in [0.717, 1.165) is 16.0 Å². The smallest absolute Gasteiger partial charge is 0.267 e. The molecule has 2 atom stereocenters. The van der Waals surface area contributed by atoms with Gasteiger partial charge in [-0.2, -0.15) is 0 Å². The molecule has 12 heteroatoms. The van der Waals surface area contributed by atoms with E-state index in [9.17, 15) is 27.9 Å². The quantitative estimate of drug-likeness (QED) is 0.356. The number of nitrogens with one attached hydrogen (secondary N) is 2. The van der Waals surface area contributed by atoms with Crippen LogP contribution in [0.3, 0.4) is 0 Å². The number of benzene rings is 1. The zero-order valence-electron chi connectivity index (χ0n) is 20.4. The molecule has 0 bridgehead atoms. The Hall–Kier alpha value is -4.35. The van der Waals surface area contributed by atoms with Crippen LogP contribution in [0.15, 0.2) is 47.7 Å². The minimum atomic E-state index is -2.04. The first-order valence-corrected chi connectivity index (χ1v) is 12.0. The monoisotopic (exact) mass is 526 g/mol. The van der Waals surface area contributed by atoms with Crippen LogP contribution in [0.4, 0.5) is 18.9 Å². The van der Waals surface area contributed by atoms with Crippen molar-refractivity contribution in [3.63, 3.8) is 0 Å². The maximum absolute atomic E-state index is 14.7. The van der Waals surface area contributed by atoms with Crippen LogP contribution in [-0.2, 0) is 19.5 Å². The standard InChI is InChI=1S/C26H25F3N6O3/c1-14-30-6-8-34(14)9-7-31-25(37)20-24(36)22-23-21(33-12-18(28)19(29)13-35(23)26(20)38)16(11-32-22)10-15-2-4-17(27)5-3-15/h2-6,8,11,18-19,33,36H,7,9-10,12-13H2,1H3,(H,31,37). The first-order valence-electron chi connectivity index (χ1n) is 12.0. The number of aromatic hydroxyl groups is 1. The maximum Gasteiger partial charge on any atom is 0.267 e. The summed E-state index contributed by atoms with van der Waals surface area (Å²) in [5.74, 6) is -1.18. The molecular formula is C26H25F3N6O3. The summed E-state index contributed by atoms with van der Waals surface area (Å²) in [5.41, 5.74) is -0.0881. The third-order valence-corrected chi connectivity index (χ3v) is 6.64. The fourth-order valence-electron chi connectivity index (χ4n) is 4.60. The van der Waals surface area contributed by atoms with Gasteiger partial charge in [-0.05, 0) is 24.6 Å². The van der Waals surface area contributed by atoms with Crippen molar-refractivity contribution in [3.8, 4) is 5.75 Å². The van der Waals surface area contributed by atoms with Gasteiger partial charge in [-0.25, -0.2) is 18.2 Å². The van der Waals surface area contributed by atoms with Crippen LogP contribution in [0.1, 0.15) is 27.3 Å². The minimum Gasteiger partial charge on any atom is -0.505 e. The number of alkyl halides is 2. The molecule has 198 valence electrons. The Bertz CT molecular complexity index is 1570. The predicted molar refractivity (Wildman–Crippen MR) is 134 cm³/mol. The highest BCUT2D eigenvalue weighted by Gasteiger charge is 2.31. The largest absolute Gasteiger partial charge is 0.505 e. The van der Waals surface area contributed by atoms with E-state index in [2.05, 4.69) is 20.6 Å². The molecule has 0 saturated carbocycles. The number of nitrogens with zero attached hydrogens (tertiary/aromatic N) is 4. The predicted octanol–water partition coefficient (Wildman–Crippen LogP) is 2.87. The second kappa shape index (κ2) is 10.2. The number of hydrogen-bond donors (Lipinski definition) is 3. The van der Waals surface area contributed by atoms with Crippen molar-refractivity contribution in [3.05, 3.63) is 81.5 Å². The van der Waals surface area contributed by atoms with Crippen LogP contribution < -0.4 is 16.2 Å². The number of imidazole rings is 1. The number of carbonyl (C=O) groups is 1. The average molecular weight is 527 g/mol. The molecule has 4 heterocycles. The molecule has 0 radical (unpaired) electrons. The highest BCUT2D eigenvalue weighted by molar-refractivity contribution is 6.03. The maximum atomic E-state index is 14.7. The molecule has 2 unspecified atom stereocenters. The van der Waals surface area contributed by atoms with Crippen LogP contribution in [0, 0.1) is 12.7 Å². The molecule has 1 amide bonds. The number of aromatic nitrogens is 4. The Balaban J connectivity index is 1.58. The van der Waals surface area contributed by atoms with Crippen molar-refractivity contribution >= 4 is 22.6 Å². The molecule has 0 saturated heterocycles. The number of carbonyl (C=O) groups excluding carboxylic acids is 1. The molecule has 38 heavy (non-hydrogen) atoms. The number of halogens is 3. The SMILES string of the molecule is Cc1nccn1CCNC(=O)c1c(O)c2ncc(Cc3ccc(F)cc3)c3c2n(c1=O)CC(F)C(F)CN3. The van der Waals surface area contributed by atoms with E-state index in [0.29, 0.717) is 12.1 Å². The van der Waals surface area contributed by atoms with Crippen LogP contribution in [-0.4, -0.2) is 55.5 Å². The summed E-state index contributed by atoms with van der Waals surface area (Å²) in [4.78, 5) is 34.9. The lowest BCUT2D eigenvalue weighted by Gasteiger charge is -2.25. The molecule has 3 N–H and O–H groups in total. The first kappa shape index (κ1) is 25.3. The molecule has 9 nitrogen and oxygen atoms in total. The van der Waals surface area contributed by atoms with E-state index in [4.69, 9.17) is 0 Å². The van der Waals surface area contributed by atoms with Crippen LogP contribution in [0.25, 0.3) is 11.0 Å². The van der Waals surface area contributed by atoms with Crippen molar-refractivity contribution in [2.24, 2.45) is 0 Å².